The SMILES string of the molecule is CCCCCC(Cl)Oc1ccc2[nH]cc(CC3CCCN3C)c2c1.CS(N)(=O)=O. The molecular weight excluding hydrogens is 410 g/mol. The molecule has 1 fully saturated rings. The highest BCUT2D eigenvalue weighted by Gasteiger charge is 2.22. The van der Waals surface area contributed by atoms with E-state index in [9.17, 15) is 8.42 Å². The zero-order chi connectivity index (χ0) is 21.4. The van der Waals surface area contributed by atoms with E-state index in [1.165, 1.54) is 48.7 Å². The number of likely N-dealkylation sites (N-methyl/N-ethyl adjacent to an activating group) is 1. The molecule has 3 rings (SSSR count). The van der Waals surface area contributed by atoms with E-state index in [1.807, 2.05) is 6.07 Å². The van der Waals surface area contributed by atoms with Crippen molar-refractivity contribution in [3.05, 3.63) is 30.0 Å². The maximum atomic E-state index is 9.41. The van der Waals surface area contributed by atoms with Gasteiger partial charge in [0.15, 0.2) is 5.56 Å². The summed E-state index contributed by atoms with van der Waals surface area (Å²) in [5, 5.41) is 5.60. The molecule has 1 aromatic heterocycles. The third kappa shape index (κ3) is 8.54. The Labute approximate surface area is 179 Å². The highest BCUT2D eigenvalue weighted by Crippen LogP contribution is 2.28. The topological polar surface area (TPSA) is 88.4 Å². The number of primary sulfonamides is 1. The molecule has 3 N–H and O–H groups in total. The Balaban J connectivity index is 0.000000537. The monoisotopic (exact) mass is 443 g/mol. The number of likely N-dealkylation sites (tertiary alicyclic amines) is 1. The standard InChI is InChI=1S/C20H29ClN2O.CH5NO2S/c1-3-4-5-8-20(21)24-17-9-10-19-18(13-17)15(14-22-19)12-16-7-6-11-23(16)2;1-5(2,3)4/h9-10,13-14,16,20,22H,3-8,11-12H2,1-2H3;1H3,(H2,2,3,4). The average molecular weight is 444 g/mol. The number of hydrogen-bond acceptors (Lipinski definition) is 4. The van der Waals surface area contributed by atoms with Crippen LogP contribution in [0.15, 0.2) is 24.4 Å². The Kier molecular flexibility index (Phi) is 9.27. The van der Waals surface area contributed by atoms with Gasteiger partial charge in [0.2, 0.25) is 10.0 Å². The van der Waals surface area contributed by atoms with Gasteiger partial charge >= 0.3 is 0 Å². The van der Waals surface area contributed by atoms with E-state index >= 15 is 0 Å². The molecule has 0 aliphatic carbocycles. The molecule has 2 aromatic rings. The Hall–Kier alpha value is -1.28. The molecule has 1 aliphatic rings. The maximum absolute atomic E-state index is 9.41. The lowest BCUT2D eigenvalue weighted by Gasteiger charge is -2.19. The zero-order valence-electron chi connectivity index (χ0n) is 17.7. The number of rotatable bonds is 8. The summed E-state index contributed by atoms with van der Waals surface area (Å²) in [6.45, 7) is 3.42. The Morgan fingerprint density at radius 1 is 1.38 bits per heavy atom. The van der Waals surface area contributed by atoms with Gasteiger partial charge in [-0.25, -0.2) is 13.6 Å². The summed E-state index contributed by atoms with van der Waals surface area (Å²) in [5.74, 6) is 0.875. The normalized spacial score (nSPS) is 18.4. The van der Waals surface area contributed by atoms with Crippen molar-refractivity contribution in [2.75, 3.05) is 19.8 Å². The first-order valence-electron chi connectivity index (χ1n) is 10.3. The summed E-state index contributed by atoms with van der Waals surface area (Å²) >= 11 is 6.34. The predicted octanol–water partition coefficient (Wildman–Crippen LogP) is 4.23. The maximum Gasteiger partial charge on any atom is 0.206 e. The van der Waals surface area contributed by atoms with E-state index in [0.717, 1.165) is 31.3 Å². The largest absolute Gasteiger partial charge is 0.475 e. The van der Waals surface area contributed by atoms with E-state index < -0.39 is 10.0 Å². The summed E-state index contributed by atoms with van der Waals surface area (Å²) in [4.78, 5) is 5.87. The number of aromatic nitrogens is 1. The number of H-pyrrole nitrogens is 1. The van der Waals surface area contributed by atoms with Crippen molar-refractivity contribution in [3.63, 3.8) is 0 Å². The summed E-state index contributed by atoms with van der Waals surface area (Å²) in [7, 11) is -0.935. The first kappa shape index (κ1) is 24.0. The number of ether oxygens (including phenoxy) is 1. The minimum absolute atomic E-state index is 0.239. The van der Waals surface area contributed by atoms with Crippen molar-refractivity contribution in [1.82, 2.24) is 9.88 Å². The van der Waals surface area contributed by atoms with Gasteiger partial charge < -0.3 is 14.6 Å². The number of benzene rings is 1. The number of alkyl halides is 1. The number of aromatic amines is 1. The average Bonchev–Trinajstić information content (AvgIpc) is 3.21. The van der Waals surface area contributed by atoms with Crippen LogP contribution in [0.5, 0.6) is 5.75 Å². The number of unbranched alkanes of at least 4 members (excludes halogenated alkanes) is 2. The van der Waals surface area contributed by atoms with Gasteiger partial charge in [0.1, 0.15) is 5.75 Å². The smallest absolute Gasteiger partial charge is 0.206 e. The summed E-state index contributed by atoms with van der Waals surface area (Å²) in [6, 6.07) is 6.91. The molecule has 0 radical (unpaired) electrons. The predicted molar refractivity (Wildman–Crippen MR) is 121 cm³/mol. The highest BCUT2D eigenvalue weighted by atomic mass is 35.5. The molecule has 0 saturated carbocycles. The van der Waals surface area contributed by atoms with Crippen LogP contribution in [-0.4, -0.2) is 49.8 Å². The summed E-state index contributed by atoms with van der Waals surface area (Å²) in [6.07, 6.45) is 11.2. The van der Waals surface area contributed by atoms with Crippen LogP contribution in [0.1, 0.15) is 51.0 Å². The molecule has 2 unspecified atom stereocenters. The number of halogens is 1. The molecule has 2 heterocycles. The first-order valence-corrected chi connectivity index (χ1v) is 12.6. The molecule has 6 nitrogen and oxygen atoms in total. The van der Waals surface area contributed by atoms with Crippen LogP contribution in [0.4, 0.5) is 0 Å². The van der Waals surface area contributed by atoms with E-state index in [0.29, 0.717) is 6.04 Å². The fraction of sp³-hybridized carbons (Fsp3) is 0.619. The molecule has 0 spiro atoms. The van der Waals surface area contributed by atoms with Crippen LogP contribution < -0.4 is 9.88 Å². The number of hydrogen-bond donors (Lipinski definition) is 2. The van der Waals surface area contributed by atoms with Crippen molar-refractivity contribution < 1.29 is 13.2 Å². The molecule has 1 saturated heterocycles. The molecule has 8 heteroatoms. The Morgan fingerprint density at radius 2 is 2.10 bits per heavy atom. The molecule has 0 bridgehead atoms. The van der Waals surface area contributed by atoms with Gasteiger partial charge in [-0.2, -0.15) is 0 Å². The molecular formula is C21H34ClN3O3S. The number of fused-ring (bicyclic) bond motifs is 1. The number of nitrogens with one attached hydrogen (secondary N) is 1. The van der Waals surface area contributed by atoms with Crippen LogP contribution in [0.3, 0.4) is 0 Å². The second kappa shape index (κ2) is 11.2. The highest BCUT2D eigenvalue weighted by molar-refractivity contribution is 7.88. The van der Waals surface area contributed by atoms with Gasteiger partial charge in [-0.15, -0.1) is 0 Å². The van der Waals surface area contributed by atoms with Gasteiger partial charge in [-0.1, -0.05) is 31.4 Å². The third-order valence-corrected chi connectivity index (χ3v) is 5.47. The van der Waals surface area contributed by atoms with Crippen LogP contribution in [-0.2, 0) is 16.4 Å². The molecule has 164 valence electrons. The van der Waals surface area contributed by atoms with Gasteiger partial charge in [0.05, 0.1) is 6.26 Å². The number of nitrogens with two attached hydrogens (primary N) is 1. The lowest BCUT2D eigenvalue weighted by Crippen LogP contribution is -2.26. The van der Waals surface area contributed by atoms with Crippen molar-refractivity contribution >= 4 is 32.5 Å². The number of nitrogens with zero attached hydrogens (tertiary/aromatic N) is 1. The number of sulfonamides is 1. The van der Waals surface area contributed by atoms with Crippen LogP contribution in [0.2, 0.25) is 0 Å². The molecule has 1 aromatic carbocycles. The van der Waals surface area contributed by atoms with Crippen LogP contribution in [0, 0.1) is 0 Å². The molecule has 1 aliphatic heterocycles. The second-order valence-corrected chi connectivity index (χ2v) is 10.0. The summed E-state index contributed by atoms with van der Waals surface area (Å²) < 4.78 is 24.7. The zero-order valence-corrected chi connectivity index (χ0v) is 19.2. The fourth-order valence-electron chi connectivity index (χ4n) is 3.65. The lowest BCUT2D eigenvalue weighted by atomic mass is 10.0. The van der Waals surface area contributed by atoms with Crippen LogP contribution >= 0.6 is 11.6 Å². The Bertz CT molecular complexity index is 861. The minimum atomic E-state index is -3.17. The van der Waals surface area contributed by atoms with Crippen molar-refractivity contribution in [2.45, 2.75) is 63.5 Å². The van der Waals surface area contributed by atoms with Crippen molar-refractivity contribution in [1.29, 1.82) is 0 Å². The minimum Gasteiger partial charge on any atom is -0.475 e. The lowest BCUT2D eigenvalue weighted by molar-refractivity contribution is 0.265. The van der Waals surface area contributed by atoms with Gasteiger partial charge in [-0.3, -0.25) is 0 Å². The van der Waals surface area contributed by atoms with Crippen molar-refractivity contribution in [3.8, 4) is 5.75 Å². The quantitative estimate of drug-likeness (QED) is 0.472. The van der Waals surface area contributed by atoms with Gasteiger partial charge in [-0.05, 0) is 69.5 Å². The fourth-order valence-corrected chi connectivity index (χ4v) is 3.91. The van der Waals surface area contributed by atoms with E-state index in [-0.39, 0.29) is 5.56 Å². The van der Waals surface area contributed by atoms with E-state index in [1.54, 1.807) is 0 Å². The molecule has 2 atom stereocenters. The van der Waals surface area contributed by atoms with Crippen molar-refractivity contribution in [2.24, 2.45) is 5.14 Å². The Morgan fingerprint density at radius 3 is 2.72 bits per heavy atom. The molecule has 0 amide bonds. The summed E-state index contributed by atoms with van der Waals surface area (Å²) in [5.41, 5.74) is 2.32. The van der Waals surface area contributed by atoms with Gasteiger partial charge in [0, 0.05) is 23.1 Å². The first-order chi connectivity index (χ1) is 13.7. The molecule has 29 heavy (non-hydrogen) atoms. The third-order valence-electron chi connectivity index (χ3n) is 5.16. The van der Waals surface area contributed by atoms with Gasteiger partial charge in [0.25, 0.3) is 0 Å². The van der Waals surface area contributed by atoms with E-state index in [4.69, 9.17) is 16.3 Å². The second-order valence-electron chi connectivity index (χ2n) is 7.86. The van der Waals surface area contributed by atoms with Crippen LogP contribution in [0.25, 0.3) is 10.9 Å². The van der Waals surface area contributed by atoms with E-state index in [2.05, 4.69) is 47.3 Å².